The van der Waals surface area contributed by atoms with Crippen LogP contribution in [0.4, 0.5) is 4.39 Å². The van der Waals surface area contributed by atoms with Crippen LogP contribution in [0.1, 0.15) is 30.2 Å². The fourth-order valence-electron chi connectivity index (χ4n) is 3.63. The van der Waals surface area contributed by atoms with Crippen molar-refractivity contribution >= 4 is 5.91 Å². The average Bonchev–Trinajstić information content (AvgIpc) is 2.78. The van der Waals surface area contributed by atoms with Crippen molar-refractivity contribution in [2.75, 3.05) is 6.61 Å². The van der Waals surface area contributed by atoms with Crippen LogP contribution in [0, 0.1) is 12.7 Å². The molecule has 1 atom stereocenters. The molecule has 0 radical (unpaired) electrons. The Bertz CT molecular complexity index is 1110. The maximum atomic E-state index is 13.4. The van der Waals surface area contributed by atoms with Crippen molar-refractivity contribution in [2.45, 2.75) is 45.7 Å². The number of aliphatic hydroxyl groups is 1. The minimum atomic E-state index is -0.402. The first kappa shape index (κ1) is 23.3. The number of aliphatic hydroxyl groups excluding tert-OH is 1. The number of amides is 1. The second-order valence-electron chi connectivity index (χ2n) is 7.86. The molecule has 7 heteroatoms. The van der Waals surface area contributed by atoms with E-state index in [2.05, 4.69) is 10.3 Å². The Morgan fingerprint density at radius 1 is 1.12 bits per heavy atom. The standard InChI is InChI=1S/C25H28FN3O3/c1-17(8-9-19-6-4-3-5-7-19)27-23(31)16-29-24(20-10-12-21(26)13-11-20)28-18(2)22(14-15-30)25(29)32/h3-7,10-13,17,30H,8-9,14-16H2,1-2H3,(H,27,31). The first-order chi connectivity index (χ1) is 15.4. The molecule has 3 rings (SSSR count). The summed E-state index contributed by atoms with van der Waals surface area (Å²) in [5, 5.41) is 12.3. The van der Waals surface area contributed by atoms with E-state index in [0.29, 0.717) is 22.6 Å². The van der Waals surface area contributed by atoms with Crippen molar-refractivity contribution in [3.05, 3.63) is 87.6 Å². The van der Waals surface area contributed by atoms with Crippen LogP contribution in [0.5, 0.6) is 0 Å². The topological polar surface area (TPSA) is 84.2 Å². The highest BCUT2D eigenvalue weighted by atomic mass is 19.1. The molecule has 0 fully saturated rings. The summed E-state index contributed by atoms with van der Waals surface area (Å²) >= 11 is 0. The molecule has 1 amide bonds. The Labute approximate surface area is 186 Å². The molecule has 0 bridgehead atoms. The monoisotopic (exact) mass is 437 g/mol. The number of carbonyl (C=O) groups is 1. The number of benzene rings is 2. The fourth-order valence-corrected chi connectivity index (χ4v) is 3.63. The average molecular weight is 438 g/mol. The molecular weight excluding hydrogens is 409 g/mol. The van der Waals surface area contributed by atoms with E-state index in [9.17, 15) is 19.1 Å². The van der Waals surface area contributed by atoms with Gasteiger partial charge in [-0.15, -0.1) is 0 Å². The maximum Gasteiger partial charge on any atom is 0.257 e. The minimum absolute atomic E-state index is 0.0806. The van der Waals surface area contributed by atoms with Gasteiger partial charge in [-0.05, 0) is 56.5 Å². The van der Waals surface area contributed by atoms with E-state index < -0.39 is 5.82 Å². The summed E-state index contributed by atoms with van der Waals surface area (Å²) in [6.45, 7) is 3.20. The zero-order valence-corrected chi connectivity index (χ0v) is 18.3. The third-order valence-electron chi connectivity index (χ3n) is 5.35. The third kappa shape index (κ3) is 5.88. The zero-order valence-electron chi connectivity index (χ0n) is 18.3. The summed E-state index contributed by atoms with van der Waals surface area (Å²) in [4.78, 5) is 30.4. The van der Waals surface area contributed by atoms with Crippen molar-refractivity contribution < 1.29 is 14.3 Å². The predicted octanol–water partition coefficient (Wildman–Crippen LogP) is 3.03. The first-order valence-electron chi connectivity index (χ1n) is 10.7. The molecule has 168 valence electrons. The molecule has 0 saturated carbocycles. The molecular formula is C25H28FN3O3. The SMILES string of the molecule is Cc1nc(-c2ccc(F)cc2)n(CC(=O)NC(C)CCc2ccccc2)c(=O)c1CCO. The highest BCUT2D eigenvalue weighted by Gasteiger charge is 2.18. The molecule has 2 N–H and O–H groups in total. The summed E-state index contributed by atoms with van der Waals surface area (Å²) in [6.07, 6.45) is 1.74. The predicted molar refractivity (Wildman–Crippen MR) is 122 cm³/mol. The Balaban J connectivity index is 1.81. The van der Waals surface area contributed by atoms with Crippen LogP contribution in [-0.4, -0.2) is 33.2 Å². The molecule has 0 saturated heterocycles. The van der Waals surface area contributed by atoms with Crippen LogP contribution in [0.3, 0.4) is 0 Å². The maximum absolute atomic E-state index is 13.4. The van der Waals surface area contributed by atoms with E-state index in [4.69, 9.17) is 0 Å². The van der Waals surface area contributed by atoms with E-state index in [1.165, 1.54) is 34.4 Å². The Hall–Kier alpha value is -3.32. The van der Waals surface area contributed by atoms with E-state index in [0.717, 1.165) is 12.8 Å². The largest absolute Gasteiger partial charge is 0.396 e. The van der Waals surface area contributed by atoms with E-state index in [1.54, 1.807) is 6.92 Å². The molecule has 0 aliphatic heterocycles. The second-order valence-corrected chi connectivity index (χ2v) is 7.86. The molecule has 32 heavy (non-hydrogen) atoms. The Morgan fingerprint density at radius 3 is 2.47 bits per heavy atom. The van der Waals surface area contributed by atoms with Crippen molar-refractivity contribution in [1.82, 2.24) is 14.9 Å². The molecule has 6 nitrogen and oxygen atoms in total. The molecule has 1 aromatic heterocycles. The lowest BCUT2D eigenvalue weighted by Crippen LogP contribution is -2.39. The highest BCUT2D eigenvalue weighted by molar-refractivity contribution is 5.76. The van der Waals surface area contributed by atoms with Gasteiger partial charge in [-0.2, -0.15) is 0 Å². The lowest BCUT2D eigenvalue weighted by atomic mass is 10.1. The number of nitrogens with zero attached hydrogens (tertiary/aromatic N) is 2. The van der Waals surface area contributed by atoms with Gasteiger partial charge < -0.3 is 10.4 Å². The molecule has 1 heterocycles. The van der Waals surface area contributed by atoms with Gasteiger partial charge in [0.15, 0.2) is 0 Å². The van der Waals surface area contributed by atoms with Crippen LogP contribution >= 0.6 is 0 Å². The van der Waals surface area contributed by atoms with Gasteiger partial charge in [0.2, 0.25) is 5.91 Å². The van der Waals surface area contributed by atoms with Crippen LogP contribution in [0.25, 0.3) is 11.4 Å². The summed E-state index contributed by atoms with van der Waals surface area (Å²) < 4.78 is 14.7. The number of halogens is 1. The van der Waals surface area contributed by atoms with Gasteiger partial charge in [0.1, 0.15) is 18.2 Å². The van der Waals surface area contributed by atoms with Crippen molar-refractivity contribution in [3.8, 4) is 11.4 Å². The molecule has 1 unspecified atom stereocenters. The Kier molecular flexibility index (Phi) is 7.89. The molecule has 0 spiro atoms. The van der Waals surface area contributed by atoms with Gasteiger partial charge in [-0.1, -0.05) is 30.3 Å². The lowest BCUT2D eigenvalue weighted by Gasteiger charge is -2.18. The zero-order chi connectivity index (χ0) is 23.1. The van der Waals surface area contributed by atoms with Crippen molar-refractivity contribution in [3.63, 3.8) is 0 Å². The molecule has 3 aromatic rings. The van der Waals surface area contributed by atoms with Gasteiger partial charge in [0, 0.05) is 35.9 Å². The van der Waals surface area contributed by atoms with Gasteiger partial charge >= 0.3 is 0 Å². The van der Waals surface area contributed by atoms with E-state index >= 15 is 0 Å². The van der Waals surface area contributed by atoms with Gasteiger partial charge in [0.05, 0.1) is 0 Å². The number of hydrogen-bond acceptors (Lipinski definition) is 4. The fraction of sp³-hybridized carbons (Fsp3) is 0.320. The van der Waals surface area contributed by atoms with E-state index in [1.807, 2.05) is 37.3 Å². The number of aryl methyl sites for hydroxylation is 2. The number of rotatable bonds is 9. The highest BCUT2D eigenvalue weighted by Crippen LogP contribution is 2.18. The number of aromatic nitrogens is 2. The van der Waals surface area contributed by atoms with Crippen LogP contribution < -0.4 is 10.9 Å². The molecule has 0 aliphatic carbocycles. The summed E-state index contributed by atoms with van der Waals surface area (Å²) in [7, 11) is 0. The summed E-state index contributed by atoms with van der Waals surface area (Å²) in [5.74, 6) is -0.417. The first-order valence-corrected chi connectivity index (χ1v) is 10.7. The van der Waals surface area contributed by atoms with Crippen LogP contribution in [-0.2, 0) is 24.2 Å². The molecule has 0 aliphatic rings. The van der Waals surface area contributed by atoms with Crippen LogP contribution in [0.15, 0.2) is 59.4 Å². The smallest absolute Gasteiger partial charge is 0.257 e. The van der Waals surface area contributed by atoms with Crippen molar-refractivity contribution in [1.29, 1.82) is 0 Å². The summed E-state index contributed by atoms with van der Waals surface area (Å²) in [5.41, 5.74) is 2.20. The quantitative estimate of drug-likeness (QED) is 0.539. The third-order valence-corrected chi connectivity index (χ3v) is 5.35. The second kappa shape index (κ2) is 10.8. The normalized spacial score (nSPS) is 11.9. The molecule has 2 aromatic carbocycles. The van der Waals surface area contributed by atoms with Gasteiger partial charge in [-0.3, -0.25) is 14.2 Å². The minimum Gasteiger partial charge on any atom is -0.396 e. The number of carbonyl (C=O) groups excluding carboxylic acids is 1. The number of hydrogen-bond donors (Lipinski definition) is 2. The van der Waals surface area contributed by atoms with E-state index in [-0.39, 0.29) is 37.1 Å². The number of nitrogens with one attached hydrogen (secondary N) is 1. The van der Waals surface area contributed by atoms with Gasteiger partial charge in [-0.25, -0.2) is 9.37 Å². The van der Waals surface area contributed by atoms with Crippen LogP contribution in [0.2, 0.25) is 0 Å². The van der Waals surface area contributed by atoms with Gasteiger partial charge in [0.25, 0.3) is 5.56 Å². The summed E-state index contributed by atoms with van der Waals surface area (Å²) in [6, 6.07) is 15.6. The lowest BCUT2D eigenvalue weighted by molar-refractivity contribution is -0.122. The van der Waals surface area contributed by atoms with Crippen molar-refractivity contribution in [2.24, 2.45) is 0 Å². The Morgan fingerprint density at radius 2 is 1.81 bits per heavy atom.